The molecule has 2 aliphatic rings. The molecule has 4 rings (SSSR count). The largest absolute Gasteiger partial charge is 0.441 e. The highest BCUT2D eigenvalue weighted by molar-refractivity contribution is 7.08. The first kappa shape index (κ1) is 15.3. The van der Waals surface area contributed by atoms with E-state index in [0.29, 0.717) is 18.5 Å². The number of nitrogens with one attached hydrogen (secondary N) is 1. The van der Waals surface area contributed by atoms with Gasteiger partial charge >= 0.3 is 0 Å². The van der Waals surface area contributed by atoms with Gasteiger partial charge in [0, 0.05) is 42.2 Å². The maximum absolute atomic E-state index is 10.2. The van der Waals surface area contributed by atoms with Crippen molar-refractivity contribution in [2.75, 3.05) is 13.2 Å². The fourth-order valence-corrected chi connectivity index (χ4v) is 4.44. The molecule has 2 aromatic heterocycles. The average Bonchev–Trinajstić information content (AvgIpc) is 3.22. The molecule has 124 valence electrons. The van der Waals surface area contributed by atoms with Crippen LogP contribution in [0.2, 0.25) is 0 Å². The van der Waals surface area contributed by atoms with E-state index in [1.165, 1.54) is 0 Å². The van der Waals surface area contributed by atoms with E-state index in [1.807, 2.05) is 23.8 Å². The normalized spacial score (nSPS) is 26.3. The lowest BCUT2D eigenvalue weighted by Crippen LogP contribution is -2.64. The summed E-state index contributed by atoms with van der Waals surface area (Å²) in [5.74, 6) is 1.55. The average molecular weight is 334 g/mol. The Morgan fingerprint density at radius 3 is 2.96 bits per heavy atom. The van der Waals surface area contributed by atoms with E-state index in [-0.39, 0.29) is 11.5 Å². The van der Waals surface area contributed by atoms with Gasteiger partial charge in [0.1, 0.15) is 5.76 Å². The molecule has 6 heteroatoms. The molecule has 0 unspecified atom stereocenters. The Bertz CT molecular complexity index is 661. The second-order valence-electron chi connectivity index (χ2n) is 6.56. The smallest absolute Gasteiger partial charge is 0.227 e. The zero-order chi connectivity index (χ0) is 15.9. The van der Waals surface area contributed by atoms with E-state index in [2.05, 4.69) is 10.3 Å². The molecule has 0 amide bonds. The predicted octanol–water partition coefficient (Wildman–Crippen LogP) is 2.73. The number of aliphatic hydroxyl groups excluding tert-OH is 1. The van der Waals surface area contributed by atoms with Gasteiger partial charge in [0.05, 0.1) is 11.8 Å². The minimum atomic E-state index is -0.205. The van der Waals surface area contributed by atoms with Gasteiger partial charge < -0.3 is 19.6 Å². The third-order valence-electron chi connectivity index (χ3n) is 5.42. The van der Waals surface area contributed by atoms with Crippen LogP contribution in [0.4, 0.5) is 0 Å². The predicted molar refractivity (Wildman–Crippen MR) is 88.3 cm³/mol. The lowest BCUT2D eigenvalue weighted by Gasteiger charge is -2.56. The fourth-order valence-electron chi connectivity index (χ4n) is 3.81. The maximum Gasteiger partial charge on any atom is 0.227 e. The van der Waals surface area contributed by atoms with Crippen LogP contribution < -0.4 is 5.32 Å². The minimum absolute atomic E-state index is 0.00786. The summed E-state index contributed by atoms with van der Waals surface area (Å²) < 4.78 is 11.2. The number of hydrogen-bond donors (Lipinski definition) is 2. The van der Waals surface area contributed by atoms with Crippen LogP contribution >= 0.6 is 11.3 Å². The molecule has 5 nitrogen and oxygen atoms in total. The van der Waals surface area contributed by atoms with Crippen LogP contribution in [0.15, 0.2) is 21.2 Å². The summed E-state index contributed by atoms with van der Waals surface area (Å²) in [6.07, 6.45) is 2.48. The van der Waals surface area contributed by atoms with E-state index in [4.69, 9.17) is 9.15 Å². The van der Waals surface area contributed by atoms with Crippen molar-refractivity contribution in [2.45, 2.75) is 44.9 Å². The van der Waals surface area contributed by atoms with E-state index in [9.17, 15) is 5.11 Å². The van der Waals surface area contributed by atoms with E-state index >= 15 is 0 Å². The molecule has 2 atom stereocenters. The van der Waals surface area contributed by atoms with Crippen LogP contribution in [-0.2, 0) is 11.3 Å². The van der Waals surface area contributed by atoms with Gasteiger partial charge in [0.15, 0.2) is 0 Å². The highest BCUT2D eigenvalue weighted by atomic mass is 32.1. The molecule has 1 aliphatic carbocycles. The van der Waals surface area contributed by atoms with Gasteiger partial charge in [-0.25, -0.2) is 4.98 Å². The molecule has 2 aromatic rings. The zero-order valence-corrected chi connectivity index (χ0v) is 14.1. The summed E-state index contributed by atoms with van der Waals surface area (Å²) in [4.78, 5) is 4.63. The number of rotatable bonds is 4. The number of aromatic nitrogens is 1. The van der Waals surface area contributed by atoms with Gasteiger partial charge in [-0.2, -0.15) is 11.3 Å². The van der Waals surface area contributed by atoms with Crippen molar-refractivity contribution in [3.05, 3.63) is 28.3 Å². The molecule has 3 heterocycles. The van der Waals surface area contributed by atoms with Gasteiger partial charge in [-0.05, 0) is 37.6 Å². The lowest BCUT2D eigenvalue weighted by atomic mass is 9.58. The molecule has 1 spiro atoms. The van der Waals surface area contributed by atoms with Crippen molar-refractivity contribution in [2.24, 2.45) is 5.41 Å². The van der Waals surface area contributed by atoms with E-state index < -0.39 is 0 Å². The Balaban J connectivity index is 1.43. The Kier molecular flexibility index (Phi) is 4.01. The highest BCUT2D eigenvalue weighted by Crippen LogP contribution is 2.49. The molecule has 1 aliphatic heterocycles. The minimum Gasteiger partial charge on any atom is -0.441 e. The molecule has 0 bridgehead atoms. The molecule has 0 radical (unpaired) electrons. The van der Waals surface area contributed by atoms with E-state index in [0.717, 1.165) is 49.5 Å². The van der Waals surface area contributed by atoms with Crippen molar-refractivity contribution in [3.8, 4) is 11.5 Å². The summed E-state index contributed by atoms with van der Waals surface area (Å²) in [5, 5.41) is 17.9. The topological polar surface area (TPSA) is 67.5 Å². The maximum atomic E-state index is 10.2. The first-order valence-corrected chi connectivity index (χ1v) is 9.11. The molecule has 1 saturated heterocycles. The van der Waals surface area contributed by atoms with Crippen molar-refractivity contribution >= 4 is 11.3 Å². The number of oxazole rings is 1. The molecular weight excluding hydrogens is 312 g/mol. The number of aliphatic hydroxyl groups is 1. The standard InChI is InChI=1S/C17H22N2O3S/c1-11-13(19-16(22-11)12-2-7-23-10-12)9-18-14-8-15(20)17(14)3-5-21-6-4-17/h2,7,10,14-15,18,20H,3-6,8-9H2,1H3/t14-,15-/m1/s1. The van der Waals surface area contributed by atoms with Gasteiger partial charge in [0.2, 0.25) is 5.89 Å². The summed E-state index contributed by atoms with van der Waals surface area (Å²) in [6.45, 7) is 4.14. The summed E-state index contributed by atoms with van der Waals surface area (Å²) >= 11 is 1.64. The SMILES string of the molecule is Cc1oc(-c2ccsc2)nc1CN[C@@H]1C[C@@H](O)C12CCOCC2. The van der Waals surface area contributed by atoms with Crippen LogP contribution in [0.25, 0.3) is 11.5 Å². The Labute approximate surface area is 139 Å². The third kappa shape index (κ3) is 2.63. The van der Waals surface area contributed by atoms with Crippen LogP contribution in [-0.4, -0.2) is 35.5 Å². The first-order valence-electron chi connectivity index (χ1n) is 8.17. The second kappa shape index (κ2) is 6.02. The Morgan fingerprint density at radius 2 is 2.26 bits per heavy atom. The quantitative estimate of drug-likeness (QED) is 0.900. The van der Waals surface area contributed by atoms with Crippen LogP contribution in [0.1, 0.15) is 30.7 Å². The van der Waals surface area contributed by atoms with Crippen LogP contribution in [0.5, 0.6) is 0 Å². The fraction of sp³-hybridized carbons (Fsp3) is 0.588. The van der Waals surface area contributed by atoms with Crippen LogP contribution in [0.3, 0.4) is 0 Å². The molecule has 2 N–H and O–H groups in total. The van der Waals surface area contributed by atoms with Gasteiger partial charge in [-0.3, -0.25) is 0 Å². The Hall–Kier alpha value is -1.21. The van der Waals surface area contributed by atoms with Crippen molar-refractivity contribution < 1.29 is 14.3 Å². The second-order valence-corrected chi connectivity index (χ2v) is 7.34. The summed E-state index contributed by atoms with van der Waals surface area (Å²) in [5.41, 5.74) is 1.98. The zero-order valence-electron chi connectivity index (χ0n) is 13.2. The summed E-state index contributed by atoms with van der Waals surface area (Å²) in [7, 11) is 0. The Morgan fingerprint density at radius 1 is 1.43 bits per heavy atom. The van der Waals surface area contributed by atoms with Gasteiger partial charge in [-0.15, -0.1) is 0 Å². The lowest BCUT2D eigenvalue weighted by molar-refractivity contribution is -0.149. The van der Waals surface area contributed by atoms with Crippen LogP contribution in [0, 0.1) is 12.3 Å². The van der Waals surface area contributed by atoms with Crippen molar-refractivity contribution in [1.29, 1.82) is 0 Å². The number of nitrogens with zero attached hydrogens (tertiary/aromatic N) is 1. The van der Waals surface area contributed by atoms with Gasteiger partial charge in [-0.1, -0.05) is 0 Å². The molecule has 2 fully saturated rings. The van der Waals surface area contributed by atoms with Gasteiger partial charge in [0.25, 0.3) is 0 Å². The summed E-state index contributed by atoms with van der Waals surface area (Å²) in [6, 6.07) is 2.36. The number of hydrogen-bond acceptors (Lipinski definition) is 6. The number of aryl methyl sites for hydroxylation is 1. The monoisotopic (exact) mass is 334 g/mol. The first-order chi connectivity index (χ1) is 11.2. The molecule has 0 aromatic carbocycles. The molecule has 23 heavy (non-hydrogen) atoms. The highest BCUT2D eigenvalue weighted by Gasteiger charge is 2.54. The number of ether oxygens (including phenoxy) is 1. The number of thiophene rings is 1. The van der Waals surface area contributed by atoms with Crippen molar-refractivity contribution in [1.82, 2.24) is 10.3 Å². The molecule has 1 saturated carbocycles. The third-order valence-corrected chi connectivity index (χ3v) is 6.10. The van der Waals surface area contributed by atoms with Crippen molar-refractivity contribution in [3.63, 3.8) is 0 Å². The van der Waals surface area contributed by atoms with E-state index in [1.54, 1.807) is 11.3 Å². The molecular formula is C17H22N2O3S.